The molecule has 82 valence electrons. The summed E-state index contributed by atoms with van der Waals surface area (Å²) in [5.41, 5.74) is 0.503. The molecule has 2 nitrogen and oxygen atoms in total. The molecule has 0 bridgehead atoms. The Bertz CT molecular complexity index is 396. The SMILES string of the molecule is CCOC(Cl)=S=Nc1c(Cl)cccc1Cl. The first-order valence-electron chi connectivity index (χ1n) is 4.12. The van der Waals surface area contributed by atoms with Crippen molar-refractivity contribution in [3.05, 3.63) is 28.2 Å². The normalized spacial score (nSPS) is 9.87. The molecule has 0 aromatic heterocycles. The highest BCUT2D eigenvalue weighted by Crippen LogP contribution is 2.32. The van der Waals surface area contributed by atoms with Crippen molar-refractivity contribution < 1.29 is 4.74 Å². The Labute approximate surface area is 107 Å². The predicted molar refractivity (Wildman–Crippen MR) is 68.4 cm³/mol. The zero-order chi connectivity index (χ0) is 11.3. The van der Waals surface area contributed by atoms with Crippen LogP contribution in [0.1, 0.15) is 6.92 Å². The second kappa shape index (κ2) is 6.51. The molecule has 0 unspecified atom stereocenters. The molecule has 0 radical (unpaired) electrons. The Morgan fingerprint density at radius 1 is 1.40 bits per heavy atom. The van der Waals surface area contributed by atoms with Crippen LogP contribution in [-0.2, 0) is 15.9 Å². The van der Waals surface area contributed by atoms with E-state index >= 15 is 0 Å². The zero-order valence-corrected chi connectivity index (χ0v) is 10.9. The van der Waals surface area contributed by atoms with Crippen LogP contribution in [0.5, 0.6) is 0 Å². The van der Waals surface area contributed by atoms with Gasteiger partial charge in [0.2, 0.25) is 4.51 Å². The molecule has 0 atom stereocenters. The smallest absolute Gasteiger partial charge is 0.216 e. The van der Waals surface area contributed by atoms with Crippen LogP contribution < -0.4 is 0 Å². The molecule has 0 heterocycles. The van der Waals surface area contributed by atoms with Crippen molar-refractivity contribution >= 4 is 56.1 Å². The van der Waals surface area contributed by atoms with E-state index in [2.05, 4.69) is 4.36 Å². The first-order valence-corrected chi connectivity index (χ1v) is 6.03. The number of hydrogen-bond donors (Lipinski definition) is 0. The lowest BCUT2D eigenvalue weighted by Crippen LogP contribution is -1.93. The fraction of sp³-hybridized carbons (Fsp3) is 0.222. The molecule has 0 aliphatic rings. The highest BCUT2D eigenvalue weighted by atomic mass is 35.5. The molecule has 1 aromatic carbocycles. The zero-order valence-electron chi connectivity index (χ0n) is 7.84. The number of hydrogen-bond acceptors (Lipinski definition) is 2. The molecule has 0 fully saturated rings. The summed E-state index contributed by atoms with van der Waals surface area (Å²) in [6.45, 7) is 2.34. The van der Waals surface area contributed by atoms with Crippen molar-refractivity contribution in [2.45, 2.75) is 6.92 Å². The van der Waals surface area contributed by atoms with Crippen LogP contribution >= 0.6 is 34.8 Å². The Morgan fingerprint density at radius 3 is 2.53 bits per heavy atom. The second-order valence-corrected chi connectivity index (χ2v) is 4.54. The lowest BCUT2D eigenvalue weighted by atomic mass is 10.3. The number of halogens is 3. The van der Waals surface area contributed by atoms with E-state index in [9.17, 15) is 0 Å². The van der Waals surface area contributed by atoms with Crippen molar-refractivity contribution in [1.82, 2.24) is 0 Å². The Kier molecular flexibility index (Phi) is 5.64. The lowest BCUT2D eigenvalue weighted by Gasteiger charge is -1.97. The molecule has 15 heavy (non-hydrogen) atoms. The van der Waals surface area contributed by atoms with Gasteiger partial charge in [0.15, 0.2) is 0 Å². The van der Waals surface area contributed by atoms with Crippen molar-refractivity contribution in [1.29, 1.82) is 0 Å². The van der Waals surface area contributed by atoms with E-state index in [0.29, 0.717) is 22.3 Å². The van der Waals surface area contributed by atoms with Crippen LogP contribution in [0.4, 0.5) is 5.69 Å². The van der Waals surface area contributed by atoms with Gasteiger partial charge in [-0.1, -0.05) is 29.3 Å². The summed E-state index contributed by atoms with van der Waals surface area (Å²) in [6, 6.07) is 5.17. The molecule has 0 saturated heterocycles. The Balaban J connectivity index is 3.03. The van der Waals surface area contributed by atoms with Gasteiger partial charge in [-0.15, -0.1) is 0 Å². The van der Waals surface area contributed by atoms with Gasteiger partial charge in [0.1, 0.15) is 5.69 Å². The third kappa shape index (κ3) is 4.13. The molecular formula is C9H8Cl3NOS. The van der Waals surface area contributed by atoms with Crippen LogP contribution in [0, 0.1) is 0 Å². The second-order valence-electron chi connectivity index (χ2n) is 2.42. The van der Waals surface area contributed by atoms with Crippen molar-refractivity contribution in [2.24, 2.45) is 4.36 Å². The average molecular weight is 285 g/mol. The van der Waals surface area contributed by atoms with Gasteiger partial charge >= 0.3 is 0 Å². The third-order valence-corrected chi connectivity index (χ3v) is 2.87. The van der Waals surface area contributed by atoms with Gasteiger partial charge in [0, 0.05) is 11.1 Å². The summed E-state index contributed by atoms with van der Waals surface area (Å²) in [5.74, 6) is 0. The third-order valence-electron chi connectivity index (χ3n) is 1.40. The average Bonchev–Trinajstić information content (AvgIpc) is 2.17. The topological polar surface area (TPSA) is 21.6 Å². The Hall–Kier alpha value is -0.0600. The fourth-order valence-electron chi connectivity index (χ4n) is 0.798. The molecule has 0 aliphatic heterocycles. The maximum Gasteiger partial charge on any atom is 0.216 e. The highest BCUT2D eigenvalue weighted by molar-refractivity contribution is 7.71. The monoisotopic (exact) mass is 283 g/mol. The molecular weight excluding hydrogens is 277 g/mol. The summed E-state index contributed by atoms with van der Waals surface area (Å²) in [5, 5.41) is 0.965. The molecule has 1 aromatic rings. The number of ether oxygens (including phenoxy) is 1. The minimum atomic E-state index is 0.244. The van der Waals surface area contributed by atoms with Gasteiger partial charge < -0.3 is 4.74 Å². The van der Waals surface area contributed by atoms with E-state index in [4.69, 9.17) is 39.5 Å². The number of nitrogens with zero attached hydrogens (tertiary/aromatic N) is 1. The quantitative estimate of drug-likeness (QED) is 0.587. The van der Waals surface area contributed by atoms with Gasteiger partial charge in [-0.05, 0) is 30.7 Å². The van der Waals surface area contributed by atoms with E-state index in [-0.39, 0.29) is 4.51 Å². The summed E-state index contributed by atoms with van der Waals surface area (Å²) in [7, 11) is 0. The van der Waals surface area contributed by atoms with E-state index in [1.807, 2.05) is 6.92 Å². The van der Waals surface area contributed by atoms with E-state index < -0.39 is 0 Å². The van der Waals surface area contributed by atoms with Crippen molar-refractivity contribution in [3.63, 3.8) is 0 Å². The Morgan fingerprint density at radius 2 is 2.00 bits per heavy atom. The summed E-state index contributed by atoms with van der Waals surface area (Å²) >= 11 is 18.5. The standard InChI is InChI=1S/C9H8Cl3NOS/c1-2-14-9(12)15-13-8-6(10)4-3-5-7(8)11/h3-5H,2H2,1H3. The molecule has 0 spiro atoms. The van der Waals surface area contributed by atoms with Crippen LogP contribution in [0.25, 0.3) is 0 Å². The minimum Gasteiger partial charge on any atom is -0.326 e. The molecule has 6 heteroatoms. The van der Waals surface area contributed by atoms with Gasteiger partial charge in [-0.2, -0.15) is 4.36 Å². The molecule has 1 rings (SSSR count). The molecule has 0 amide bonds. The molecule has 0 N–H and O–H groups in total. The highest BCUT2D eigenvalue weighted by Gasteiger charge is 2.02. The van der Waals surface area contributed by atoms with Crippen LogP contribution in [0.3, 0.4) is 0 Å². The summed E-state index contributed by atoms with van der Waals surface area (Å²) < 4.78 is 9.34. The summed E-state index contributed by atoms with van der Waals surface area (Å²) in [6.07, 6.45) is 0. The van der Waals surface area contributed by atoms with Crippen molar-refractivity contribution in [2.75, 3.05) is 6.61 Å². The van der Waals surface area contributed by atoms with Gasteiger partial charge in [-0.3, -0.25) is 0 Å². The molecule has 0 saturated carbocycles. The van der Waals surface area contributed by atoms with Gasteiger partial charge in [0.25, 0.3) is 0 Å². The van der Waals surface area contributed by atoms with E-state index in [0.717, 1.165) is 11.1 Å². The minimum absolute atomic E-state index is 0.244. The first kappa shape index (κ1) is 13.0. The van der Waals surface area contributed by atoms with Crippen LogP contribution in [-0.4, -0.2) is 11.1 Å². The largest absolute Gasteiger partial charge is 0.326 e. The van der Waals surface area contributed by atoms with Crippen LogP contribution in [0.15, 0.2) is 22.6 Å². The fourth-order valence-corrected chi connectivity index (χ4v) is 2.12. The van der Waals surface area contributed by atoms with E-state index in [1.54, 1.807) is 18.2 Å². The maximum absolute atomic E-state index is 5.91. The molecule has 0 aliphatic carbocycles. The van der Waals surface area contributed by atoms with Gasteiger partial charge in [-0.25, -0.2) is 0 Å². The predicted octanol–water partition coefficient (Wildman–Crippen LogP) is 4.25. The summed E-state index contributed by atoms with van der Waals surface area (Å²) in [4.78, 5) is 0. The first-order chi connectivity index (χ1) is 7.15. The lowest BCUT2D eigenvalue weighted by molar-refractivity contribution is 0.345. The number of benzene rings is 1. The maximum atomic E-state index is 5.91. The van der Waals surface area contributed by atoms with Gasteiger partial charge in [0.05, 0.1) is 16.7 Å². The van der Waals surface area contributed by atoms with Crippen molar-refractivity contribution in [3.8, 4) is 0 Å². The van der Waals surface area contributed by atoms with E-state index in [1.165, 1.54) is 0 Å². The van der Waals surface area contributed by atoms with Crippen LogP contribution in [0.2, 0.25) is 10.0 Å². The number of rotatable bonds is 2.